The summed E-state index contributed by atoms with van der Waals surface area (Å²) in [5, 5.41) is 2.40. The molecule has 0 unspecified atom stereocenters. The van der Waals surface area contributed by atoms with Crippen molar-refractivity contribution in [3.63, 3.8) is 0 Å². The molecule has 27 heavy (non-hydrogen) atoms. The summed E-state index contributed by atoms with van der Waals surface area (Å²) in [6, 6.07) is 27.9. The van der Waals surface area contributed by atoms with E-state index >= 15 is 0 Å². The number of benzene rings is 4. The first-order valence-corrected chi connectivity index (χ1v) is 10.2. The van der Waals surface area contributed by atoms with Crippen LogP contribution in [0.4, 0.5) is 0 Å². The quantitative estimate of drug-likeness (QED) is 0.288. The molecule has 0 aliphatic carbocycles. The molecule has 0 amide bonds. The zero-order chi connectivity index (χ0) is 18.8. The van der Waals surface area contributed by atoms with Crippen molar-refractivity contribution in [2.24, 2.45) is 0 Å². The van der Waals surface area contributed by atoms with Gasteiger partial charge in [-0.1, -0.05) is 77.9 Å². The Morgan fingerprint density at radius 3 is 2.19 bits per heavy atom. The maximum Gasteiger partial charge on any atom is 0.128 e. The highest BCUT2D eigenvalue weighted by atomic mass is 127. The summed E-state index contributed by atoms with van der Waals surface area (Å²) in [4.78, 5) is 0. The lowest BCUT2D eigenvalue weighted by Crippen LogP contribution is -1.98. The molecule has 0 heterocycles. The minimum Gasteiger partial charge on any atom is -0.488 e. The maximum atomic E-state index is 6.25. The highest BCUT2D eigenvalue weighted by Crippen LogP contribution is 2.39. The second-order valence-corrected chi connectivity index (χ2v) is 8.08. The average molecular weight is 464 g/mol. The van der Waals surface area contributed by atoms with Gasteiger partial charge in [0, 0.05) is 14.5 Å². The van der Waals surface area contributed by atoms with E-state index in [9.17, 15) is 0 Å². The lowest BCUT2D eigenvalue weighted by molar-refractivity contribution is 0.310. The Morgan fingerprint density at radius 2 is 1.44 bits per heavy atom. The normalized spacial score (nSPS) is 10.9. The van der Waals surface area contributed by atoms with Gasteiger partial charge in [-0.25, -0.2) is 0 Å². The summed E-state index contributed by atoms with van der Waals surface area (Å²) >= 11 is 2.43. The first-order valence-electron chi connectivity index (χ1n) is 9.08. The van der Waals surface area contributed by atoms with Crippen molar-refractivity contribution in [1.29, 1.82) is 0 Å². The fourth-order valence-corrected chi connectivity index (χ4v) is 4.23. The number of hydrogen-bond acceptors (Lipinski definition) is 1. The van der Waals surface area contributed by atoms with Crippen LogP contribution in [0.25, 0.3) is 21.9 Å². The maximum absolute atomic E-state index is 6.25. The van der Waals surface area contributed by atoms with Crippen molar-refractivity contribution < 1.29 is 4.74 Å². The van der Waals surface area contributed by atoms with Gasteiger partial charge in [0.15, 0.2) is 0 Å². The Morgan fingerprint density at radius 1 is 0.741 bits per heavy atom. The minimum absolute atomic E-state index is 0.573. The van der Waals surface area contributed by atoms with Gasteiger partial charge in [0.25, 0.3) is 0 Å². The highest BCUT2D eigenvalue weighted by molar-refractivity contribution is 14.1. The van der Waals surface area contributed by atoms with Gasteiger partial charge in [0.2, 0.25) is 0 Å². The lowest BCUT2D eigenvalue weighted by atomic mass is 9.96. The third-order valence-electron chi connectivity index (χ3n) is 4.78. The van der Waals surface area contributed by atoms with Gasteiger partial charge < -0.3 is 4.74 Å². The molecule has 0 saturated heterocycles. The summed E-state index contributed by atoms with van der Waals surface area (Å²) in [5.41, 5.74) is 6.21. The average Bonchev–Trinajstić information content (AvgIpc) is 2.68. The molecular formula is C25H21IO. The van der Waals surface area contributed by atoms with Crippen molar-refractivity contribution >= 4 is 33.4 Å². The summed E-state index contributed by atoms with van der Waals surface area (Å²) in [6.07, 6.45) is 0. The van der Waals surface area contributed by atoms with Crippen molar-refractivity contribution in [3.05, 3.63) is 99.1 Å². The van der Waals surface area contributed by atoms with E-state index in [0.717, 1.165) is 5.75 Å². The topological polar surface area (TPSA) is 9.23 Å². The molecule has 2 heteroatoms. The predicted molar refractivity (Wildman–Crippen MR) is 122 cm³/mol. The zero-order valence-corrected chi connectivity index (χ0v) is 17.7. The smallest absolute Gasteiger partial charge is 0.128 e. The van der Waals surface area contributed by atoms with Crippen LogP contribution in [-0.2, 0) is 6.61 Å². The Hall–Kier alpha value is -2.33. The lowest BCUT2D eigenvalue weighted by Gasteiger charge is -2.16. The van der Waals surface area contributed by atoms with Crippen molar-refractivity contribution in [3.8, 4) is 16.9 Å². The number of aryl methyl sites for hydroxylation is 2. The molecule has 1 nitrogen and oxygen atoms in total. The number of halogens is 1. The SMILES string of the molecule is Cc1ccc(-c2c(I)cc(OCc3ccccc3)c3cc(C)ccc23)cc1. The second kappa shape index (κ2) is 7.73. The number of hydrogen-bond donors (Lipinski definition) is 0. The summed E-state index contributed by atoms with van der Waals surface area (Å²) in [5.74, 6) is 0.942. The van der Waals surface area contributed by atoms with Gasteiger partial charge in [-0.2, -0.15) is 0 Å². The van der Waals surface area contributed by atoms with E-state index < -0.39 is 0 Å². The van der Waals surface area contributed by atoms with Crippen LogP contribution in [0.2, 0.25) is 0 Å². The van der Waals surface area contributed by atoms with E-state index in [0.29, 0.717) is 6.61 Å². The van der Waals surface area contributed by atoms with E-state index in [4.69, 9.17) is 4.74 Å². The van der Waals surface area contributed by atoms with Crippen LogP contribution in [0.5, 0.6) is 5.75 Å². The molecule has 0 bridgehead atoms. The van der Waals surface area contributed by atoms with Crippen LogP contribution >= 0.6 is 22.6 Å². The molecule has 0 aliphatic rings. The van der Waals surface area contributed by atoms with Crippen LogP contribution in [0.1, 0.15) is 16.7 Å². The molecule has 4 aromatic rings. The summed E-state index contributed by atoms with van der Waals surface area (Å²) < 4.78 is 7.45. The van der Waals surface area contributed by atoms with Crippen LogP contribution in [-0.4, -0.2) is 0 Å². The van der Waals surface area contributed by atoms with Gasteiger partial charge in [0.1, 0.15) is 12.4 Å². The minimum atomic E-state index is 0.573. The molecule has 0 aromatic heterocycles. The fraction of sp³-hybridized carbons (Fsp3) is 0.120. The predicted octanol–water partition coefficient (Wildman–Crippen LogP) is 7.31. The van der Waals surface area contributed by atoms with Gasteiger partial charge in [-0.05, 0) is 65.1 Å². The van der Waals surface area contributed by atoms with Crippen molar-refractivity contribution in [2.45, 2.75) is 20.5 Å². The third-order valence-corrected chi connectivity index (χ3v) is 5.63. The van der Waals surface area contributed by atoms with Crippen LogP contribution < -0.4 is 4.74 Å². The molecule has 0 atom stereocenters. The van der Waals surface area contributed by atoms with Gasteiger partial charge in [0.05, 0.1) is 0 Å². The second-order valence-electron chi connectivity index (χ2n) is 6.92. The molecule has 0 fully saturated rings. The van der Waals surface area contributed by atoms with Crippen LogP contribution in [0.3, 0.4) is 0 Å². The van der Waals surface area contributed by atoms with Crippen LogP contribution in [0, 0.1) is 17.4 Å². The Labute approximate surface area is 174 Å². The first-order chi connectivity index (χ1) is 13.1. The van der Waals surface area contributed by atoms with E-state index in [-0.39, 0.29) is 0 Å². The molecular weight excluding hydrogens is 443 g/mol. The molecule has 4 rings (SSSR count). The molecule has 0 N–H and O–H groups in total. The zero-order valence-electron chi connectivity index (χ0n) is 15.5. The highest BCUT2D eigenvalue weighted by Gasteiger charge is 2.14. The fourth-order valence-electron chi connectivity index (χ4n) is 3.34. The number of rotatable bonds is 4. The van der Waals surface area contributed by atoms with Gasteiger partial charge in [-0.3, -0.25) is 0 Å². The molecule has 134 valence electrons. The number of fused-ring (bicyclic) bond motifs is 1. The molecule has 4 aromatic carbocycles. The molecule has 0 radical (unpaired) electrons. The Kier molecular flexibility index (Phi) is 5.17. The standard InChI is InChI=1S/C25H21IO/c1-17-8-11-20(12-9-17)25-21-13-10-18(2)14-22(21)24(15-23(25)26)27-16-19-6-4-3-5-7-19/h3-15H,16H2,1-2H3. The van der Waals surface area contributed by atoms with E-state index in [1.165, 1.54) is 42.2 Å². The van der Waals surface area contributed by atoms with Crippen LogP contribution in [0.15, 0.2) is 78.9 Å². The van der Waals surface area contributed by atoms with Gasteiger partial charge in [-0.15, -0.1) is 0 Å². The Bertz CT molecular complexity index is 1080. The van der Waals surface area contributed by atoms with E-state index in [2.05, 4.69) is 97.1 Å². The first kappa shape index (κ1) is 18.1. The number of ether oxygens (including phenoxy) is 1. The van der Waals surface area contributed by atoms with Crippen molar-refractivity contribution in [2.75, 3.05) is 0 Å². The van der Waals surface area contributed by atoms with E-state index in [1.807, 2.05) is 18.2 Å². The Balaban J connectivity index is 1.82. The molecule has 0 aliphatic heterocycles. The molecule has 0 spiro atoms. The van der Waals surface area contributed by atoms with Crippen molar-refractivity contribution in [1.82, 2.24) is 0 Å². The third kappa shape index (κ3) is 3.86. The van der Waals surface area contributed by atoms with E-state index in [1.54, 1.807) is 0 Å². The monoisotopic (exact) mass is 464 g/mol. The largest absolute Gasteiger partial charge is 0.488 e. The summed E-state index contributed by atoms with van der Waals surface area (Å²) in [6.45, 7) is 4.82. The van der Waals surface area contributed by atoms with Gasteiger partial charge >= 0.3 is 0 Å². The summed E-state index contributed by atoms with van der Waals surface area (Å²) in [7, 11) is 0. The molecule has 0 saturated carbocycles.